The van der Waals surface area contributed by atoms with Gasteiger partial charge in [0, 0.05) is 19.4 Å². The van der Waals surface area contributed by atoms with Gasteiger partial charge in [-0.3, -0.25) is 9.59 Å². The highest BCUT2D eigenvalue weighted by Crippen LogP contribution is 2.15. The van der Waals surface area contributed by atoms with Gasteiger partial charge in [-0.15, -0.1) is 0 Å². The maximum absolute atomic E-state index is 12.9. The molecular weight excluding hydrogens is 861 g/mol. The van der Waals surface area contributed by atoms with Crippen molar-refractivity contribution in [2.24, 2.45) is 0 Å². The molecule has 0 N–H and O–H groups in total. The predicted octanol–water partition coefficient (Wildman–Crippen LogP) is 20.1. The smallest absolute Gasteiger partial charge is 0.306 e. The molecule has 0 aromatic rings. The lowest BCUT2D eigenvalue weighted by Gasteiger charge is -2.18. The topological polar surface area (TPSA) is 61.8 Å². The Morgan fingerprint density at radius 3 is 1.04 bits per heavy atom. The van der Waals surface area contributed by atoms with Crippen LogP contribution in [-0.4, -0.2) is 37.9 Å². The number of hydrogen-bond acceptors (Lipinski definition) is 5. The molecule has 5 nitrogen and oxygen atoms in total. The molecule has 0 aliphatic carbocycles. The lowest BCUT2D eigenvalue weighted by molar-refractivity contribution is -0.163. The van der Waals surface area contributed by atoms with Crippen LogP contribution in [0.3, 0.4) is 0 Å². The van der Waals surface area contributed by atoms with Crippen molar-refractivity contribution in [3.8, 4) is 0 Å². The number of unbranched alkanes of at least 4 members (excludes halogenated alkanes) is 21. The van der Waals surface area contributed by atoms with Crippen LogP contribution >= 0.6 is 0 Å². The quantitative estimate of drug-likeness (QED) is 0.0345. The standard InChI is InChI=1S/C65H108O5/c1-4-7-10-13-16-19-22-25-28-30-32-34-36-39-42-45-48-51-54-57-60-68-61-63(70-65(67)59-56-53-50-47-44-41-37-27-24-21-18-15-12-9-6-3)62-69-64(66)58-55-52-49-46-43-40-38-35-33-31-29-26-23-20-17-14-11-8-5-2/h7-8,10-11,16-17,19-20,25-26,28-29,32-35,39-40,42-43,63H,4-6,9,12-15,18,21-24,27,30-31,36-38,41,44-62H2,1-3H3/b10-7-,11-8-,19-16-,20-17-,28-25-,29-26-,34-32-,35-33-,42-39-,43-40-. The zero-order chi connectivity index (χ0) is 50.6. The highest BCUT2D eigenvalue weighted by molar-refractivity contribution is 5.70. The van der Waals surface area contributed by atoms with Crippen LogP contribution in [0.15, 0.2) is 122 Å². The Kier molecular flexibility index (Phi) is 56.5. The van der Waals surface area contributed by atoms with Gasteiger partial charge in [0.25, 0.3) is 0 Å². The van der Waals surface area contributed by atoms with E-state index in [1.807, 2.05) is 0 Å². The Morgan fingerprint density at radius 2 is 0.643 bits per heavy atom. The van der Waals surface area contributed by atoms with Gasteiger partial charge in [0.1, 0.15) is 6.61 Å². The lowest BCUT2D eigenvalue weighted by Crippen LogP contribution is -2.30. The second-order valence-corrected chi connectivity index (χ2v) is 18.8. The van der Waals surface area contributed by atoms with Crippen molar-refractivity contribution in [2.75, 3.05) is 19.8 Å². The molecule has 0 rings (SSSR count). The Bertz CT molecular complexity index is 1420. The Balaban J connectivity index is 4.40. The number of carbonyl (C=O) groups excluding carboxylic acids is 2. The summed E-state index contributed by atoms with van der Waals surface area (Å²) in [6.07, 6.45) is 83.6. The van der Waals surface area contributed by atoms with Crippen LogP contribution in [-0.2, 0) is 23.8 Å². The first-order chi connectivity index (χ1) is 34.6. The molecular formula is C65H108O5. The first kappa shape index (κ1) is 66.3. The van der Waals surface area contributed by atoms with Gasteiger partial charge in [0.2, 0.25) is 0 Å². The highest BCUT2D eigenvalue weighted by Gasteiger charge is 2.17. The summed E-state index contributed by atoms with van der Waals surface area (Å²) in [7, 11) is 0. The Morgan fingerprint density at radius 1 is 0.329 bits per heavy atom. The zero-order valence-electron chi connectivity index (χ0n) is 45.7. The van der Waals surface area contributed by atoms with Crippen molar-refractivity contribution in [3.05, 3.63) is 122 Å². The van der Waals surface area contributed by atoms with Gasteiger partial charge in [-0.05, 0) is 109 Å². The fraction of sp³-hybridized carbons (Fsp3) is 0.662. The number of ether oxygens (including phenoxy) is 3. The summed E-state index contributed by atoms with van der Waals surface area (Å²) in [5.41, 5.74) is 0. The SMILES string of the molecule is CC/C=C\C/C=C\C/C=C\C/C=C\C/C=C\CCCCCCOCC(COC(=O)CCCCC/C=C\C/C=C\C/C=C\C/C=C\C/C=C\CC)OC(=O)CCCCCCCCCCCCCCCCC. The summed E-state index contributed by atoms with van der Waals surface area (Å²) in [5, 5.41) is 0. The third-order valence-electron chi connectivity index (χ3n) is 12.0. The summed E-state index contributed by atoms with van der Waals surface area (Å²) in [4.78, 5) is 25.5. The minimum atomic E-state index is -0.571. The van der Waals surface area contributed by atoms with E-state index in [1.165, 1.54) is 89.9 Å². The van der Waals surface area contributed by atoms with Gasteiger partial charge < -0.3 is 14.2 Å². The second kappa shape index (κ2) is 59.6. The number of carbonyl (C=O) groups is 2. The molecule has 0 heterocycles. The van der Waals surface area contributed by atoms with E-state index in [-0.39, 0.29) is 25.2 Å². The molecule has 70 heavy (non-hydrogen) atoms. The molecule has 0 spiro atoms. The average molecular weight is 970 g/mol. The molecule has 0 aromatic heterocycles. The van der Waals surface area contributed by atoms with Crippen LogP contribution in [0.2, 0.25) is 0 Å². The number of esters is 2. The lowest BCUT2D eigenvalue weighted by atomic mass is 10.0. The van der Waals surface area contributed by atoms with E-state index in [9.17, 15) is 9.59 Å². The van der Waals surface area contributed by atoms with E-state index in [4.69, 9.17) is 14.2 Å². The van der Waals surface area contributed by atoms with Gasteiger partial charge >= 0.3 is 11.9 Å². The fourth-order valence-electron chi connectivity index (χ4n) is 7.74. The zero-order valence-corrected chi connectivity index (χ0v) is 45.7. The first-order valence-electron chi connectivity index (χ1n) is 29.1. The van der Waals surface area contributed by atoms with Crippen LogP contribution in [0, 0.1) is 0 Å². The van der Waals surface area contributed by atoms with Gasteiger partial charge in [0.15, 0.2) is 6.10 Å². The maximum atomic E-state index is 12.9. The summed E-state index contributed by atoms with van der Waals surface area (Å²) < 4.78 is 17.4. The number of allylic oxidation sites excluding steroid dienone is 20. The molecule has 0 aliphatic heterocycles. The second-order valence-electron chi connectivity index (χ2n) is 18.8. The first-order valence-corrected chi connectivity index (χ1v) is 29.1. The maximum Gasteiger partial charge on any atom is 0.306 e. The van der Waals surface area contributed by atoms with Crippen molar-refractivity contribution in [1.29, 1.82) is 0 Å². The minimum absolute atomic E-state index is 0.0523. The van der Waals surface area contributed by atoms with Crippen LogP contribution in [0.4, 0.5) is 0 Å². The normalized spacial score (nSPS) is 13.1. The molecule has 5 heteroatoms. The molecule has 1 unspecified atom stereocenters. The molecule has 0 saturated heterocycles. The van der Waals surface area contributed by atoms with Crippen molar-refractivity contribution < 1.29 is 23.8 Å². The van der Waals surface area contributed by atoms with E-state index < -0.39 is 6.10 Å². The fourth-order valence-corrected chi connectivity index (χ4v) is 7.74. The molecule has 0 saturated carbocycles. The Labute approximate surface area is 433 Å². The third kappa shape index (κ3) is 56.9. The number of rotatable bonds is 52. The van der Waals surface area contributed by atoms with Crippen molar-refractivity contribution in [3.63, 3.8) is 0 Å². The molecule has 0 radical (unpaired) electrons. The van der Waals surface area contributed by atoms with Gasteiger partial charge in [-0.2, -0.15) is 0 Å². The summed E-state index contributed by atoms with van der Waals surface area (Å²) in [6.45, 7) is 7.52. The minimum Gasteiger partial charge on any atom is -0.462 e. The molecule has 1 atom stereocenters. The van der Waals surface area contributed by atoms with Crippen LogP contribution in [0.25, 0.3) is 0 Å². The Hall–Kier alpha value is -3.70. The predicted molar refractivity (Wildman–Crippen MR) is 306 cm³/mol. The van der Waals surface area contributed by atoms with E-state index in [2.05, 4.69) is 142 Å². The van der Waals surface area contributed by atoms with E-state index in [0.717, 1.165) is 128 Å². The number of hydrogen-bond donors (Lipinski definition) is 0. The van der Waals surface area contributed by atoms with Crippen molar-refractivity contribution in [1.82, 2.24) is 0 Å². The highest BCUT2D eigenvalue weighted by atomic mass is 16.6. The summed E-state index contributed by atoms with van der Waals surface area (Å²) >= 11 is 0. The largest absolute Gasteiger partial charge is 0.462 e. The summed E-state index contributed by atoms with van der Waals surface area (Å²) in [5.74, 6) is -0.449. The van der Waals surface area contributed by atoms with E-state index in [1.54, 1.807) is 0 Å². The molecule has 0 amide bonds. The summed E-state index contributed by atoms with van der Waals surface area (Å²) in [6, 6.07) is 0. The van der Waals surface area contributed by atoms with Crippen molar-refractivity contribution in [2.45, 2.75) is 258 Å². The van der Waals surface area contributed by atoms with Crippen LogP contribution in [0.1, 0.15) is 252 Å². The molecule has 0 aromatic carbocycles. The van der Waals surface area contributed by atoms with Gasteiger partial charge in [-0.1, -0.05) is 251 Å². The van der Waals surface area contributed by atoms with Crippen LogP contribution < -0.4 is 0 Å². The van der Waals surface area contributed by atoms with Crippen molar-refractivity contribution >= 4 is 11.9 Å². The molecule has 0 bridgehead atoms. The van der Waals surface area contributed by atoms with Gasteiger partial charge in [0.05, 0.1) is 6.61 Å². The van der Waals surface area contributed by atoms with E-state index in [0.29, 0.717) is 19.4 Å². The molecule has 0 fully saturated rings. The molecule has 0 aliphatic rings. The van der Waals surface area contributed by atoms with Gasteiger partial charge in [-0.25, -0.2) is 0 Å². The average Bonchev–Trinajstić information content (AvgIpc) is 3.36. The third-order valence-corrected chi connectivity index (χ3v) is 12.0. The van der Waals surface area contributed by atoms with Crippen LogP contribution in [0.5, 0.6) is 0 Å². The monoisotopic (exact) mass is 969 g/mol. The van der Waals surface area contributed by atoms with E-state index >= 15 is 0 Å². The molecule has 398 valence electrons.